The molecule has 1 aliphatic carbocycles. The minimum atomic E-state index is -0.288. The predicted octanol–water partition coefficient (Wildman–Crippen LogP) is 2.91. The third kappa shape index (κ3) is 2.75. The molecule has 1 aromatic carbocycles. The van der Waals surface area contributed by atoms with Gasteiger partial charge < -0.3 is 5.32 Å². The fraction of sp³-hybridized carbons (Fsp3) is 0.462. The lowest BCUT2D eigenvalue weighted by Crippen LogP contribution is -2.47. The van der Waals surface area contributed by atoms with Crippen LogP contribution in [0, 0.1) is 5.82 Å². The molecule has 0 unspecified atom stereocenters. The molecule has 92 valence electrons. The number of urea groups is 1. The molecule has 17 heavy (non-hydrogen) atoms. The van der Waals surface area contributed by atoms with Gasteiger partial charge in [-0.25, -0.2) is 9.18 Å². The number of halogens is 1. The summed E-state index contributed by atoms with van der Waals surface area (Å²) in [6.45, 7) is 2.48. The number of hydrogen-bond acceptors (Lipinski definition) is 1. The van der Waals surface area contributed by atoms with Crippen LogP contribution >= 0.6 is 0 Å². The van der Waals surface area contributed by atoms with E-state index in [0.29, 0.717) is 12.6 Å². The summed E-state index contributed by atoms with van der Waals surface area (Å²) in [5.41, 5.74) is 0.728. The van der Waals surface area contributed by atoms with Gasteiger partial charge in [0.05, 0.1) is 0 Å². The van der Waals surface area contributed by atoms with E-state index in [1.807, 2.05) is 6.92 Å². The molecule has 0 atom stereocenters. The van der Waals surface area contributed by atoms with Gasteiger partial charge in [-0.3, -0.25) is 4.90 Å². The fourth-order valence-corrected chi connectivity index (χ4v) is 1.87. The zero-order valence-electron chi connectivity index (χ0n) is 9.95. The summed E-state index contributed by atoms with van der Waals surface area (Å²) >= 11 is 0. The van der Waals surface area contributed by atoms with Crippen LogP contribution in [0.25, 0.3) is 0 Å². The first kappa shape index (κ1) is 11.9. The quantitative estimate of drug-likeness (QED) is 0.859. The summed E-state index contributed by atoms with van der Waals surface area (Å²) in [5, 5.41) is 2.97. The van der Waals surface area contributed by atoms with Crippen LogP contribution < -0.4 is 10.2 Å². The molecule has 1 saturated carbocycles. The lowest BCUT2D eigenvalue weighted by Gasteiger charge is -2.30. The van der Waals surface area contributed by atoms with Crippen molar-refractivity contribution < 1.29 is 9.18 Å². The van der Waals surface area contributed by atoms with Gasteiger partial charge in [0.2, 0.25) is 0 Å². The Hall–Kier alpha value is -1.58. The Morgan fingerprint density at radius 2 is 2.06 bits per heavy atom. The second-order valence-electron chi connectivity index (χ2n) is 4.30. The number of rotatable bonds is 3. The first-order valence-electron chi connectivity index (χ1n) is 6.04. The zero-order chi connectivity index (χ0) is 12.3. The molecule has 1 fully saturated rings. The summed E-state index contributed by atoms with van der Waals surface area (Å²) in [6, 6.07) is 6.21. The Kier molecular flexibility index (Phi) is 3.61. The number of benzene rings is 1. The van der Waals surface area contributed by atoms with Crippen molar-refractivity contribution in [3.63, 3.8) is 0 Å². The van der Waals surface area contributed by atoms with E-state index < -0.39 is 0 Å². The predicted molar refractivity (Wildman–Crippen MR) is 65.6 cm³/mol. The molecule has 0 radical (unpaired) electrons. The molecule has 0 aliphatic heterocycles. The summed E-state index contributed by atoms with van der Waals surface area (Å²) in [6.07, 6.45) is 3.31. The number of carbonyl (C=O) groups excluding carboxylic acids is 1. The minimum absolute atomic E-state index is 0.0937. The fourth-order valence-electron chi connectivity index (χ4n) is 1.87. The van der Waals surface area contributed by atoms with E-state index in [-0.39, 0.29) is 11.8 Å². The third-order valence-corrected chi connectivity index (χ3v) is 3.13. The van der Waals surface area contributed by atoms with Gasteiger partial charge in [0, 0.05) is 18.3 Å². The van der Waals surface area contributed by atoms with Gasteiger partial charge in [0.1, 0.15) is 5.82 Å². The monoisotopic (exact) mass is 236 g/mol. The first-order valence-corrected chi connectivity index (χ1v) is 6.04. The highest BCUT2D eigenvalue weighted by atomic mass is 19.1. The van der Waals surface area contributed by atoms with Crippen molar-refractivity contribution in [2.24, 2.45) is 0 Å². The average Bonchev–Trinajstić information content (AvgIpc) is 2.27. The molecule has 3 nitrogen and oxygen atoms in total. The summed E-state index contributed by atoms with van der Waals surface area (Å²) in [5.74, 6) is -0.288. The Balaban J connectivity index is 2.03. The molecule has 0 saturated heterocycles. The SMILES string of the molecule is CCN(C(=O)NC1CCC1)c1ccc(F)cc1. The van der Waals surface area contributed by atoms with Crippen LogP contribution in [-0.2, 0) is 0 Å². The average molecular weight is 236 g/mol. The maximum Gasteiger partial charge on any atom is 0.322 e. The highest BCUT2D eigenvalue weighted by Crippen LogP contribution is 2.20. The number of nitrogens with one attached hydrogen (secondary N) is 1. The molecule has 2 rings (SSSR count). The highest BCUT2D eigenvalue weighted by Gasteiger charge is 2.22. The summed E-state index contributed by atoms with van der Waals surface area (Å²) < 4.78 is 12.8. The van der Waals surface area contributed by atoms with Crippen molar-refractivity contribution >= 4 is 11.7 Å². The third-order valence-electron chi connectivity index (χ3n) is 3.13. The van der Waals surface area contributed by atoms with Gasteiger partial charge in [0.25, 0.3) is 0 Å². The first-order chi connectivity index (χ1) is 8.20. The minimum Gasteiger partial charge on any atom is -0.335 e. The molecule has 0 aromatic heterocycles. The second kappa shape index (κ2) is 5.17. The number of hydrogen-bond donors (Lipinski definition) is 1. The topological polar surface area (TPSA) is 32.3 Å². The Morgan fingerprint density at radius 3 is 2.53 bits per heavy atom. The van der Waals surface area contributed by atoms with Gasteiger partial charge in [-0.1, -0.05) is 0 Å². The van der Waals surface area contributed by atoms with Crippen molar-refractivity contribution in [1.82, 2.24) is 5.32 Å². The van der Waals surface area contributed by atoms with E-state index in [9.17, 15) is 9.18 Å². The van der Waals surface area contributed by atoms with Crippen LogP contribution in [0.2, 0.25) is 0 Å². The van der Waals surface area contributed by atoms with E-state index in [1.165, 1.54) is 18.6 Å². The van der Waals surface area contributed by atoms with Crippen LogP contribution in [0.15, 0.2) is 24.3 Å². The van der Waals surface area contributed by atoms with Crippen molar-refractivity contribution in [3.05, 3.63) is 30.1 Å². The zero-order valence-corrected chi connectivity index (χ0v) is 9.95. The molecule has 0 bridgehead atoms. The molecule has 1 N–H and O–H groups in total. The standard InChI is InChI=1S/C13H17FN2O/c1-2-16(12-8-6-10(14)7-9-12)13(17)15-11-4-3-5-11/h6-9,11H,2-5H2,1H3,(H,15,17). The summed E-state index contributed by atoms with van der Waals surface area (Å²) in [4.78, 5) is 13.6. The number of amides is 2. The van der Waals surface area contributed by atoms with Gasteiger partial charge in [0.15, 0.2) is 0 Å². The van der Waals surface area contributed by atoms with Crippen molar-refractivity contribution in [1.29, 1.82) is 0 Å². The maximum atomic E-state index is 12.8. The van der Waals surface area contributed by atoms with Crippen LogP contribution in [0.5, 0.6) is 0 Å². The molecule has 1 aromatic rings. The van der Waals surface area contributed by atoms with Crippen LogP contribution in [0.1, 0.15) is 26.2 Å². The van der Waals surface area contributed by atoms with Crippen molar-refractivity contribution in [2.45, 2.75) is 32.2 Å². The molecular weight excluding hydrogens is 219 g/mol. The Labute approximate surface area is 101 Å². The van der Waals surface area contributed by atoms with Gasteiger partial charge in [-0.2, -0.15) is 0 Å². The van der Waals surface area contributed by atoms with E-state index >= 15 is 0 Å². The number of carbonyl (C=O) groups is 1. The molecule has 0 spiro atoms. The molecule has 4 heteroatoms. The van der Waals surface area contributed by atoms with Crippen LogP contribution in [-0.4, -0.2) is 18.6 Å². The lowest BCUT2D eigenvalue weighted by molar-refractivity contribution is 0.234. The van der Waals surface area contributed by atoms with E-state index in [4.69, 9.17) is 0 Å². The molecule has 1 aliphatic rings. The molecule has 0 heterocycles. The molecule has 2 amide bonds. The number of anilines is 1. The summed E-state index contributed by atoms with van der Waals surface area (Å²) in [7, 11) is 0. The van der Waals surface area contributed by atoms with Crippen LogP contribution in [0.3, 0.4) is 0 Å². The smallest absolute Gasteiger partial charge is 0.322 e. The second-order valence-corrected chi connectivity index (χ2v) is 4.30. The van der Waals surface area contributed by atoms with Crippen molar-refractivity contribution in [2.75, 3.05) is 11.4 Å². The van der Waals surface area contributed by atoms with Crippen molar-refractivity contribution in [3.8, 4) is 0 Å². The Bertz CT molecular complexity index is 387. The van der Waals surface area contributed by atoms with Gasteiger partial charge >= 0.3 is 6.03 Å². The van der Waals surface area contributed by atoms with Crippen LogP contribution in [0.4, 0.5) is 14.9 Å². The Morgan fingerprint density at radius 1 is 1.41 bits per heavy atom. The largest absolute Gasteiger partial charge is 0.335 e. The van der Waals surface area contributed by atoms with E-state index in [1.54, 1.807) is 17.0 Å². The number of nitrogens with zero attached hydrogens (tertiary/aromatic N) is 1. The molecular formula is C13H17FN2O. The van der Waals surface area contributed by atoms with Gasteiger partial charge in [-0.15, -0.1) is 0 Å². The highest BCUT2D eigenvalue weighted by molar-refractivity contribution is 5.92. The van der Waals surface area contributed by atoms with Gasteiger partial charge in [-0.05, 0) is 50.5 Å². The normalized spacial score (nSPS) is 15.2. The van der Waals surface area contributed by atoms with E-state index in [0.717, 1.165) is 18.5 Å². The lowest BCUT2D eigenvalue weighted by atomic mass is 9.93. The maximum absolute atomic E-state index is 12.8. The van der Waals surface area contributed by atoms with E-state index in [2.05, 4.69) is 5.32 Å².